The molecule has 2 aromatic rings. The molecule has 0 spiro atoms. The van der Waals surface area contributed by atoms with Crippen LogP contribution in [-0.2, 0) is 11.3 Å². The molecule has 1 amide bonds. The highest BCUT2D eigenvalue weighted by Crippen LogP contribution is 2.27. The van der Waals surface area contributed by atoms with Gasteiger partial charge in [0.2, 0.25) is 12.2 Å². The fourth-order valence-electron chi connectivity index (χ4n) is 1.95. The van der Waals surface area contributed by atoms with Crippen LogP contribution in [0.15, 0.2) is 24.7 Å². The molecule has 110 valence electrons. The Morgan fingerprint density at radius 1 is 1.48 bits per heavy atom. The van der Waals surface area contributed by atoms with Crippen molar-refractivity contribution in [2.24, 2.45) is 0 Å². The van der Waals surface area contributed by atoms with E-state index in [0.717, 1.165) is 11.1 Å². The Morgan fingerprint density at radius 3 is 2.76 bits per heavy atom. The van der Waals surface area contributed by atoms with Crippen molar-refractivity contribution in [3.63, 3.8) is 0 Å². The lowest BCUT2D eigenvalue weighted by Crippen LogP contribution is -2.18. The minimum atomic E-state index is -0.616. The first-order valence-corrected chi connectivity index (χ1v) is 6.47. The molecule has 0 aliphatic carbocycles. The molecule has 8 heteroatoms. The van der Waals surface area contributed by atoms with Gasteiger partial charge >= 0.3 is 5.82 Å². The van der Waals surface area contributed by atoms with E-state index in [9.17, 15) is 14.9 Å². The number of amides is 1. The van der Waals surface area contributed by atoms with Crippen LogP contribution < -0.4 is 5.32 Å². The molecule has 2 rings (SSSR count). The Labute approximate surface area is 125 Å². The first kappa shape index (κ1) is 15.0. The van der Waals surface area contributed by atoms with Gasteiger partial charge in [0.15, 0.2) is 0 Å². The van der Waals surface area contributed by atoms with Crippen LogP contribution in [0.5, 0.6) is 0 Å². The molecule has 1 aromatic heterocycles. The average molecular weight is 309 g/mol. The van der Waals surface area contributed by atoms with E-state index in [2.05, 4.69) is 10.3 Å². The van der Waals surface area contributed by atoms with Crippen LogP contribution in [0.3, 0.4) is 0 Å². The number of carbonyl (C=O) groups is 1. The molecule has 0 aliphatic rings. The molecular weight excluding hydrogens is 296 g/mol. The topological polar surface area (TPSA) is 90.1 Å². The third-order valence-electron chi connectivity index (χ3n) is 2.83. The Balaban J connectivity index is 2.10. The summed E-state index contributed by atoms with van der Waals surface area (Å²) >= 11 is 6.10. The highest BCUT2D eigenvalue weighted by molar-refractivity contribution is 6.34. The van der Waals surface area contributed by atoms with Gasteiger partial charge < -0.3 is 20.0 Å². The van der Waals surface area contributed by atoms with Gasteiger partial charge in [-0.05, 0) is 40.9 Å². The van der Waals surface area contributed by atoms with Crippen LogP contribution in [0.25, 0.3) is 0 Å². The fourth-order valence-corrected chi connectivity index (χ4v) is 2.32. The number of nitrogens with zero attached hydrogens (tertiary/aromatic N) is 3. The molecule has 0 unspecified atom stereocenters. The van der Waals surface area contributed by atoms with E-state index in [0.29, 0.717) is 10.7 Å². The normalized spacial score (nSPS) is 10.4. The van der Waals surface area contributed by atoms with Gasteiger partial charge in [0.1, 0.15) is 12.7 Å². The zero-order valence-electron chi connectivity index (χ0n) is 11.5. The maximum Gasteiger partial charge on any atom is 0.381 e. The molecule has 0 fully saturated rings. The summed E-state index contributed by atoms with van der Waals surface area (Å²) in [6.45, 7) is 3.68. The standard InChI is InChI=1S/C13H13ClN4O3/c1-8-3-9(2)13(10(14)4-8)16-12(19)6-17-5-11(15-7-17)18(20)21/h3-5,7H,6H2,1-2H3,(H,16,19). The van der Waals surface area contributed by atoms with Crippen molar-refractivity contribution in [2.75, 3.05) is 5.32 Å². The molecule has 0 aliphatic heterocycles. The van der Waals surface area contributed by atoms with E-state index < -0.39 is 4.92 Å². The van der Waals surface area contributed by atoms with Crippen molar-refractivity contribution in [2.45, 2.75) is 20.4 Å². The van der Waals surface area contributed by atoms with Crippen LogP contribution in [-0.4, -0.2) is 20.4 Å². The minimum Gasteiger partial charge on any atom is -0.358 e. The highest BCUT2D eigenvalue weighted by atomic mass is 35.5. The van der Waals surface area contributed by atoms with Crippen molar-refractivity contribution in [3.05, 3.63) is 50.9 Å². The largest absolute Gasteiger partial charge is 0.381 e. The summed E-state index contributed by atoms with van der Waals surface area (Å²) in [5, 5.41) is 13.7. The van der Waals surface area contributed by atoms with Crippen molar-refractivity contribution in [3.8, 4) is 0 Å². The minimum absolute atomic E-state index is 0.0789. The van der Waals surface area contributed by atoms with Gasteiger partial charge in [-0.15, -0.1) is 0 Å². The number of carbonyl (C=O) groups excluding carboxylic acids is 1. The van der Waals surface area contributed by atoms with Gasteiger partial charge in [-0.1, -0.05) is 17.7 Å². The Bertz CT molecular complexity index is 688. The third kappa shape index (κ3) is 3.57. The molecule has 1 aromatic carbocycles. The van der Waals surface area contributed by atoms with Gasteiger partial charge in [0.05, 0.1) is 10.7 Å². The molecule has 1 heterocycles. The van der Waals surface area contributed by atoms with Crippen LogP contribution in [0.1, 0.15) is 11.1 Å². The van der Waals surface area contributed by atoms with Crippen molar-refractivity contribution < 1.29 is 9.72 Å². The lowest BCUT2D eigenvalue weighted by atomic mass is 10.1. The summed E-state index contributed by atoms with van der Waals surface area (Å²) in [6.07, 6.45) is 2.44. The number of aromatic nitrogens is 2. The number of halogens is 1. The Kier molecular flexibility index (Phi) is 4.23. The summed E-state index contributed by atoms with van der Waals surface area (Å²) in [6, 6.07) is 3.66. The van der Waals surface area contributed by atoms with Crippen molar-refractivity contribution >= 4 is 29.0 Å². The predicted octanol–water partition coefficient (Wildman–Crippen LogP) is 2.70. The molecule has 0 saturated carbocycles. The molecule has 21 heavy (non-hydrogen) atoms. The summed E-state index contributed by atoms with van der Waals surface area (Å²) in [4.78, 5) is 25.5. The molecule has 0 saturated heterocycles. The number of benzene rings is 1. The summed E-state index contributed by atoms with van der Waals surface area (Å²) in [5.74, 6) is -0.636. The Morgan fingerprint density at radius 2 is 2.19 bits per heavy atom. The van der Waals surface area contributed by atoms with Crippen LogP contribution in [0.2, 0.25) is 5.02 Å². The van der Waals surface area contributed by atoms with Crippen molar-refractivity contribution in [1.82, 2.24) is 9.55 Å². The lowest BCUT2D eigenvalue weighted by Gasteiger charge is -2.11. The van der Waals surface area contributed by atoms with E-state index in [-0.39, 0.29) is 18.3 Å². The second kappa shape index (κ2) is 5.92. The van der Waals surface area contributed by atoms with Gasteiger partial charge in [-0.3, -0.25) is 4.79 Å². The van der Waals surface area contributed by atoms with Crippen molar-refractivity contribution in [1.29, 1.82) is 0 Å². The van der Waals surface area contributed by atoms with E-state index in [4.69, 9.17) is 11.6 Å². The number of hydrogen-bond donors (Lipinski definition) is 1. The Hall–Kier alpha value is -2.41. The number of aryl methyl sites for hydroxylation is 2. The zero-order chi connectivity index (χ0) is 15.6. The number of imidazole rings is 1. The van der Waals surface area contributed by atoms with Gasteiger partial charge in [-0.2, -0.15) is 0 Å². The highest BCUT2D eigenvalue weighted by Gasteiger charge is 2.14. The fraction of sp³-hybridized carbons (Fsp3) is 0.231. The molecule has 0 bridgehead atoms. The number of hydrogen-bond acceptors (Lipinski definition) is 4. The van der Waals surface area contributed by atoms with Crippen LogP contribution in [0, 0.1) is 24.0 Å². The first-order valence-electron chi connectivity index (χ1n) is 6.09. The smallest absolute Gasteiger partial charge is 0.358 e. The molecule has 0 radical (unpaired) electrons. The molecular formula is C13H13ClN4O3. The third-order valence-corrected chi connectivity index (χ3v) is 3.13. The van der Waals surface area contributed by atoms with Crippen LogP contribution >= 0.6 is 11.6 Å². The van der Waals surface area contributed by atoms with E-state index in [1.807, 2.05) is 19.9 Å². The van der Waals surface area contributed by atoms with E-state index in [1.54, 1.807) is 6.07 Å². The van der Waals surface area contributed by atoms with Gasteiger partial charge in [-0.25, -0.2) is 0 Å². The summed E-state index contributed by atoms with van der Waals surface area (Å²) in [7, 11) is 0. The second-order valence-corrected chi connectivity index (χ2v) is 5.06. The quantitative estimate of drug-likeness (QED) is 0.694. The van der Waals surface area contributed by atoms with Gasteiger partial charge in [0.25, 0.3) is 0 Å². The van der Waals surface area contributed by atoms with Crippen LogP contribution in [0.4, 0.5) is 11.5 Å². The maximum atomic E-state index is 12.0. The summed E-state index contributed by atoms with van der Waals surface area (Å²) in [5.41, 5.74) is 2.40. The number of nitro groups is 1. The molecule has 0 atom stereocenters. The second-order valence-electron chi connectivity index (χ2n) is 4.65. The zero-order valence-corrected chi connectivity index (χ0v) is 12.2. The SMILES string of the molecule is Cc1cc(C)c(NC(=O)Cn2cnc([N+](=O)[O-])c2)c(Cl)c1. The number of rotatable bonds is 4. The molecule has 7 nitrogen and oxygen atoms in total. The van der Waals surface area contributed by atoms with E-state index in [1.165, 1.54) is 17.1 Å². The monoisotopic (exact) mass is 308 g/mol. The van der Waals surface area contributed by atoms with E-state index >= 15 is 0 Å². The average Bonchev–Trinajstić information content (AvgIpc) is 2.82. The number of nitrogens with one attached hydrogen (secondary N) is 1. The summed E-state index contributed by atoms with van der Waals surface area (Å²) < 4.78 is 1.34. The maximum absolute atomic E-state index is 12.0. The lowest BCUT2D eigenvalue weighted by molar-refractivity contribution is -0.389. The number of anilines is 1. The molecule has 1 N–H and O–H groups in total. The first-order chi connectivity index (χ1) is 9.86. The predicted molar refractivity (Wildman–Crippen MR) is 78.4 cm³/mol. The van der Waals surface area contributed by atoms with Gasteiger partial charge in [0, 0.05) is 0 Å².